The van der Waals surface area contributed by atoms with Crippen molar-refractivity contribution in [3.63, 3.8) is 0 Å². The van der Waals surface area contributed by atoms with Crippen molar-refractivity contribution in [2.45, 2.75) is 25.6 Å². The molecule has 1 atom stereocenters. The van der Waals surface area contributed by atoms with Crippen LogP contribution in [-0.4, -0.2) is 23.8 Å². The van der Waals surface area contributed by atoms with E-state index in [0.29, 0.717) is 5.56 Å². The number of carbonyl (C=O) groups is 1. The van der Waals surface area contributed by atoms with Crippen molar-refractivity contribution in [1.82, 2.24) is 0 Å². The van der Waals surface area contributed by atoms with Crippen LogP contribution in [0.1, 0.15) is 17.5 Å². The molecule has 172 valence electrons. The third-order valence-electron chi connectivity index (χ3n) is 5.46. The minimum atomic E-state index is -4.74. The van der Waals surface area contributed by atoms with Gasteiger partial charge in [-0.15, -0.1) is 0 Å². The first-order chi connectivity index (χ1) is 16.2. The maximum atomic E-state index is 14.8. The van der Waals surface area contributed by atoms with Crippen LogP contribution in [0.5, 0.6) is 0 Å². The Kier molecular flexibility index (Phi) is 6.07. The highest BCUT2D eigenvalue weighted by atomic mass is 19.4. The van der Waals surface area contributed by atoms with E-state index in [1.807, 2.05) is 37.3 Å². The predicted molar refractivity (Wildman–Crippen MR) is 121 cm³/mol. The van der Waals surface area contributed by atoms with Gasteiger partial charge in [-0.05, 0) is 53.9 Å². The molecule has 5 nitrogen and oxygen atoms in total. The molecule has 3 aromatic carbocycles. The van der Waals surface area contributed by atoms with Crippen LogP contribution in [0, 0.1) is 24.1 Å². The van der Waals surface area contributed by atoms with Gasteiger partial charge in [0.15, 0.2) is 0 Å². The fourth-order valence-electron chi connectivity index (χ4n) is 3.74. The molecule has 1 aliphatic rings. The minimum absolute atomic E-state index is 0.147. The summed E-state index contributed by atoms with van der Waals surface area (Å²) in [5.74, 6) is -1.57. The molecule has 3 aromatic rings. The Bertz CT molecular complexity index is 1330. The summed E-state index contributed by atoms with van der Waals surface area (Å²) >= 11 is 0. The van der Waals surface area contributed by atoms with Crippen LogP contribution in [0.3, 0.4) is 0 Å². The topological polar surface area (TPSA) is 68.5 Å². The summed E-state index contributed by atoms with van der Waals surface area (Å²) in [4.78, 5) is 13.0. The predicted octanol–water partition coefficient (Wildman–Crippen LogP) is 5.81. The molecule has 1 aliphatic heterocycles. The normalized spacial score (nSPS) is 15.6. The molecule has 4 rings (SSSR count). The van der Waals surface area contributed by atoms with Crippen molar-refractivity contribution in [3.8, 4) is 17.2 Å². The van der Waals surface area contributed by atoms with E-state index in [1.54, 1.807) is 6.07 Å². The van der Waals surface area contributed by atoms with E-state index in [9.17, 15) is 22.4 Å². The number of anilines is 2. The number of nitrogens with zero attached hydrogens (tertiary/aromatic N) is 3. The Labute approximate surface area is 192 Å². The Morgan fingerprint density at radius 2 is 1.88 bits per heavy atom. The molecule has 1 N–H and O–H groups in total. The highest BCUT2D eigenvalue weighted by molar-refractivity contribution is 6.05. The quantitative estimate of drug-likeness (QED) is 0.494. The zero-order valence-electron chi connectivity index (χ0n) is 17.9. The number of aryl methyl sites for hydroxylation is 1. The van der Waals surface area contributed by atoms with Crippen LogP contribution < -0.4 is 10.3 Å². The smallest absolute Gasteiger partial charge is 0.322 e. The van der Waals surface area contributed by atoms with E-state index in [2.05, 4.69) is 10.4 Å². The Hall–Kier alpha value is -4.19. The average molecular weight is 466 g/mol. The summed E-state index contributed by atoms with van der Waals surface area (Å²) in [7, 11) is 0. The lowest BCUT2D eigenvalue weighted by Crippen LogP contribution is -2.39. The van der Waals surface area contributed by atoms with Gasteiger partial charge in [-0.2, -0.15) is 23.5 Å². The molecule has 34 heavy (non-hydrogen) atoms. The van der Waals surface area contributed by atoms with Gasteiger partial charge in [-0.1, -0.05) is 36.4 Å². The van der Waals surface area contributed by atoms with E-state index < -0.39 is 36.1 Å². The first-order valence-corrected chi connectivity index (χ1v) is 10.3. The first-order valence-electron chi connectivity index (χ1n) is 10.3. The van der Waals surface area contributed by atoms with Gasteiger partial charge >= 0.3 is 6.18 Å². The van der Waals surface area contributed by atoms with E-state index >= 15 is 0 Å². The lowest BCUT2D eigenvalue weighted by molar-refractivity contribution is -0.117. The summed E-state index contributed by atoms with van der Waals surface area (Å²) in [6.45, 7) is 1.89. The van der Waals surface area contributed by atoms with Gasteiger partial charge in [-0.25, -0.2) is 4.39 Å². The summed E-state index contributed by atoms with van der Waals surface area (Å²) in [5.41, 5.74) is 1.42. The number of hydrazone groups is 1. The molecule has 1 unspecified atom stereocenters. The lowest BCUT2D eigenvalue weighted by atomic mass is 10.0. The van der Waals surface area contributed by atoms with Gasteiger partial charge in [-0.3, -0.25) is 9.80 Å². The molecule has 0 radical (unpaired) electrons. The number of hydrogen-bond donors (Lipinski definition) is 1. The zero-order chi connectivity index (χ0) is 24.5. The number of halogens is 4. The molecule has 0 fully saturated rings. The number of benzene rings is 3. The molecule has 9 heteroatoms. The molecule has 0 aliphatic carbocycles. The molecule has 1 amide bonds. The lowest BCUT2D eigenvalue weighted by Gasteiger charge is -2.23. The van der Waals surface area contributed by atoms with Gasteiger partial charge < -0.3 is 5.32 Å². The van der Waals surface area contributed by atoms with Crippen molar-refractivity contribution in [2.24, 2.45) is 5.10 Å². The molecule has 1 heterocycles. The fourth-order valence-corrected chi connectivity index (χ4v) is 3.74. The van der Waals surface area contributed by atoms with Crippen molar-refractivity contribution in [1.29, 1.82) is 5.26 Å². The van der Waals surface area contributed by atoms with Gasteiger partial charge in [0.2, 0.25) is 5.91 Å². The van der Waals surface area contributed by atoms with Crippen LogP contribution in [0.4, 0.5) is 28.9 Å². The van der Waals surface area contributed by atoms with Crippen molar-refractivity contribution >= 4 is 23.0 Å². The second-order valence-corrected chi connectivity index (χ2v) is 7.77. The summed E-state index contributed by atoms with van der Waals surface area (Å²) in [5, 5.41) is 16.0. The Morgan fingerprint density at radius 1 is 1.12 bits per heavy atom. The van der Waals surface area contributed by atoms with Crippen molar-refractivity contribution in [3.05, 3.63) is 83.7 Å². The number of alkyl halides is 3. The maximum Gasteiger partial charge on any atom is 0.431 e. The SMILES string of the molecule is Cc1ccccc1-c1ccc(NC(=O)C2CC(C(F)(F)F)=NN2c2cccc(C#N)c2)c(F)c1. The van der Waals surface area contributed by atoms with Crippen LogP contribution in [0.15, 0.2) is 71.8 Å². The third-order valence-corrected chi connectivity index (χ3v) is 5.46. The van der Waals surface area contributed by atoms with Gasteiger partial charge in [0.25, 0.3) is 0 Å². The van der Waals surface area contributed by atoms with Crippen LogP contribution in [-0.2, 0) is 4.79 Å². The third kappa shape index (κ3) is 4.62. The summed E-state index contributed by atoms with van der Waals surface area (Å²) < 4.78 is 54.9. The monoisotopic (exact) mass is 466 g/mol. The van der Waals surface area contributed by atoms with E-state index in [1.165, 1.54) is 36.4 Å². The molecular weight excluding hydrogens is 448 g/mol. The van der Waals surface area contributed by atoms with E-state index in [-0.39, 0.29) is 16.9 Å². The zero-order valence-corrected chi connectivity index (χ0v) is 17.9. The largest absolute Gasteiger partial charge is 0.431 e. The second-order valence-electron chi connectivity index (χ2n) is 7.77. The number of nitriles is 1. The highest BCUT2D eigenvalue weighted by Gasteiger charge is 2.45. The standard InChI is InChI=1S/C25H18F4N4O/c1-15-5-2-3-8-19(15)17-9-10-21(20(26)12-17)31-24(34)22-13-23(25(27,28)29)32-33(22)18-7-4-6-16(11-18)14-30/h2-12,22H,13H2,1H3,(H,31,34). The second kappa shape index (κ2) is 8.98. The van der Waals surface area contributed by atoms with Crippen LogP contribution >= 0.6 is 0 Å². The van der Waals surface area contributed by atoms with Gasteiger partial charge in [0.1, 0.15) is 17.6 Å². The minimum Gasteiger partial charge on any atom is -0.322 e. The highest BCUT2D eigenvalue weighted by Crippen LogP contribution is 2.33. The number of amides is 1. The first kappa shape index (κ1) is 23.0. The molecular formula is C25H18F4N4O. The average Bonchev–Trinajstić information content (AvgIpc) is 3.27. The van der Waals surface area contributed by atoms with Crippen LogP contribution in [0.2, 0.25) is 0 Å². The molecule has 0 spiro atoms. The molecule has 0 bridgehead atoms. The number of rotatable bonds is 4. The van der Waals surface area contributed by atoms with Crippen molar-refractivity contribution < 1.29 is 22.4 Å². The van der Waals surface area contributed by atoms with Gasteiger partial charge in [0, 0.05) is 6.42 Å². The summed E-state index contributed by atoms with van der Waals surface area (Å²) in [6, 6.07) is 17.9. The summed E-state index contributed by atoms with van der Waals surface area (Å²) in [6.07, 6.45) is -5.45. The number of hydrogen-bond acceptors (Lipinski definition) is 4. The van der Waals surface area contributed by atoms with Crippen molar-refractivity contribution in [2.75, 3.05) is 10.3 Å². The molecule has 0 aromatic heterocycles. The van der Waals surface area contributed by atoms with E-state index in [4.69, 9.17) is 5.26 Å². The van der Waals surface area contributed by atoms with Crippen LogP contribution in [0.25, 0.3) is 11.1 Å². The van der Waals surface area contributed by atoms with Gasteiger partial charge in [0.05, 0.1) is 23.0 Å². The maximum absolute atomic E-state index is 14.8. The molecule has 0 saturated carbocycles. The molecule has 0 saturated heterocycles. The number of carbonyl (C=O) groups excluding carboxylic acids is 1. The Balaban J connectivity index is 1.61. The van der Waals surface area contributed by atoms with E-state index in [0.717, 1.165) is 16.1 Å². The number of nitrogens with one attached hydrogen (secondary N) is 1. The Morgan fingerprint density at radius 3 is 2.56 bits per heavy atom. The fraction of sp³-hybridized carbons (Fsp3) is 0.160.